The van der Waals surface area contributed by atoms with Crippen molar-refractivity contribution in [3.05, 3.63) is 86.9 Å². The highest BCUT2D eigenvalue weighted by Crippen LogP contribution is 2.35. The van der Waals surface area contributed by atoms with E-state index >= 15 is 0 Å². The molecule has 31 heavy (non-hydrogen) atoms. The lowest BCUT2D eigenvalue weighted by molar-refractivity contribution is 0.416. The van der Waals surface area contributed by atoms with Gasteiger partial charge in [-0.15, -0.1) is 0 Å². The van der Waals surface area contributed by atoms with Crippen LogP contribution in [0.2, 0.25) is 0 Å². The van der Waals surface area contributed by atoms with E-state index < -0.39 is 11.1 Å². The van der Waals surface area contributed by atoms with Gasteiger partial charge in [0.25, 0.3) is 11.1 Å². The Kier molecular flexibility index (Phi) is 5.05. The fraction of sp³-hybridized carbons (Fsp3) is 0.231. The van der Waals surface area contributed by atoms with Crippen LogP contribution < -0.4 is 20.6 Å². The predicted octanol–water partition coefficient (Wildman–Crippen LogP) is 4.82. The van der Waals surface area contributed by atoms with Gasteiger partial charge < -0.3 is 9.47 Å². The number of benzene rings is 3. The number of fused-ring (bicyclic) bond motifs is 3. The Morgan fingerprint density at radius 1 is 0.677 bits per heavy atom. The summed E-state index contributed by atoms with van der Waals surface area (Å²) in [5.41, 5.74) is 0.800. The molecule has 0 saturated carbocycles. The predicted molar refractivity (Wildman–Crippen MR) is 125 cm³/mol. The van der Waals surface area contributed by atoms with Crippen molar-refractivity contribution in [2.45, 2.75) is 26.2 Å². The summed E-state index contributed by atoms with van der Waals surface area (Å²) < 4.78 is 12.4. The first kappa shape index (κ1) is 20.7. The summed E-state index contributed by atoms with van der Waals surface area (Å²) in [5.74, 6) is 1.02. The molecule has 0 spiro atoms. The largest absolute Gasteiger partial charge is 0.496 e. The minimum Gasteiger partial charge on any atom is -0.496 e. The summed E-state index contributed by atoms with van der Waals surface area (Å²) in [4.78, 5) is 27.3. The van der Waals surface area contributed by atoms with Gasteiger partial charge in [-0.1, -0.05) is 45.0 Å². The second kappa shape index (κ2) is 7.58. The molecule has 1 heterocycles. The molecule has 0 fully saturated rings. The summed E-state index contributed by atoms with van der Waals surface area (Å²) >= 11 is 0. The first-order chi connectivity index (χ1) is 14.8. The normalized spacial score (nSPS) is 11.6. The van der Waals surface area contributed by atoms with Crippen molar-refractivity contribution < 1.29 is 9.47 Å². The summed E-state index contributed by atoms with van der Waals surface area (Å²) in [5, 5.41) is 1.89. The molecule has 0 aliphatic heterocycles. The highest BCUT2D eigenvalue weighted by molar-refractivity contribution is 6.11. The summed E-state index contributed by atoms with van der Waals surface area (Å²) in [6, 6.07) is 18.0. The molecule has 158 valence electrons. The molecule has 0 radical (unpaired) electrons. The highest BCUT2D eigenvalue weighted by atomic mass is 16.5. The van der Waals surface area contributed by atoms with Crippen LogP contribution in [0.15, 0.2) is 70.3 Å². The molecule has 5 heteroatoms. The molecule has 4 rings (SSSR count). The van der Waals surface area contributed by atoms with E-state index in [-0.39, 0.29) is 5.41 Å². The van der Waals surface area contributed by atoms with E-state index in [9.17, 15) is 9.59 Å². The Labute approximate surface area is 180 Å². The molecule has 3 aromatic carbocycles. The van der Waals surface area contributed by atoms with Crippen LogP contribution in [0.25, 0.3) is 27.2 Å². The lowest BCUT2D eigenvalue weighted by Crippen LogP contribution is -2.28. The maximum atomic E-state index is 13.7. The molecular formula is C26H25NO4. The molecule has 4 aromatic rings. The van der Waals surface area contributed by atoms with Gasteiger partial charge in [0.05, 0.1) is 30.7 Å². The van der Waals surface area contributed by atoms with Gasteiger partial charge in [0.1, 0.15) is 11.5 Å². The summed E-state index contributed by atoms with van der Waals surface area (Å²) in [7, 11) is 3.09. The van der Waals surface area contributed by atoms with Crippen molar-refractivity contribution >= 4 is 21.5 Å². The van der Waals surface area contributed by atoms with E-state index in [4.69, 9.17) is 9.47 Å². The average Bonchev–Trinajstić information content (AvgIpc) is 2.86. The van der Waals surface area contributed by atoms with Crippen LogP contribution in [0.3, 0.4) is 0 Å². The number of methoxy groups -OCH3 is 2. The Balaban J connectivity index is 2.23. The molecule has 0 unspecified atom stereocenters. The van der Waals surface area contributed by atoms with E-state index in [1.165, 1.54) is 4.57 Å². The SMILES string of the molecule is COc1cccc2c(=O)n(-c3ccc(C(C)(C)C)cc3)c(=O)c3cccc(OC)c3c12. The standard InChI is InChI=1S/C26H25NO4/c1-26(2,3)16-12-14-17(15-13-16)27-24(28)18-8-6-10-20(30-4)22(18)23-19(25(27)29)9-7-11-21(23)31-5/h6-15H,1-5H3. The van der Waals surface area contributed by atoms with Crippen molar-refractivity contribution in [3.63, 3.8) is 0 Å². The van der Waals surface area contributed by atoms with Gasteiger partial charge in [0, 0.05) is 10.8 Å². The number of hydrogen-bond acceptors (Lipinski definition) is 4. The van der Waals surface area contributed by atoms with Crippen LogP contribution in [0.5, 0.6) is 11.5 Å². The van der Waals surface area contributed by atoms with Crippen LogP contribution in [0.1, 0.15) is 26.3 Å². The second-order valence-corrected chi connectivity index (χ2v) is 8.51. The van der Waals surface area contributed by atoms with Gasteiger partial charge in [0.2, 0.25) is 0 Å². The molecule has 0 saturated heterocycles. The summed E-state index contributed by atoms with van der Waals surface area (Å²) in [6.45, 7) is 6.36. The van der Waals surface area contributed by atoms with Gasteiger partial charge in [-0.3, -0.25) is 9.59 Å². The molecule has 5 nitrogen and oxygen atoms in total. The van der Waals surface area contributed by atoms with Crippen molar-refractivity contribution in [2.24, 2.45) is 0 Å². The first-order valence-corrected chi connectivity index (χ1v) is 10.1. The van der Waals surface area contributed by atoms with Crippen molar-refractivity contribution in [1.29, 1.82) is 0 Å². The van der Waals surface area contributed by atoms with E-state index in [1.807, 2.05) is 24.3 Å². The molecule has 0 N–H and O–H groups in total. The zero-order chi connectivity index (χ0) is 22.3. The molecule has 1 aromatic heterocycles. The number of hydrogen-bond donors (Lipinski definition) is 0. The van der Waals surface area contributed by atoms with Gasteiger partial charge in [-0.05, 0) is 47.4 Å². The number of aromatic nitrogens is 1. The molecule has 0 amide bonds. The number of rotatable bonds is 3. The third-order valence-corrected chi connectivity index (χ3v) is 5.60. The van der Waals surface area contributed by atoms with Crippen LogP contribution in [-0.4, -0.2) is 18.8 Å². The van der Waals surface area contributed by atoms with E-state index in [0.717, 1.165) is 5.56 Å². The lowest BCUT2D eigenvalue weighted by atomic mass is 9.87. The number of ether oxygens (including phenoxy) is 2. The third kappa shape index (κ3) is 3.36. The Bertz CT molecular complexity index is 1330. The molecule has 0 atom stereocenters. The molecular weight excluding hydrogens is 390 g/mol. The van der Waals surface area contributed by atoms with Crippen molar-refractivity contribution in [3.8, 4) is 17.2 Å². The van der Waals surface area contributed by atoms with Gasteiger partial charge >= 0.3 is 0 Å². The monoisotopic (exact) mass is 415 g/mol. The van der Waals surface area contributed by atoms with E-state index in [0.29, 0.717) is 38.7 Å². The van der Waals surface area contributed by atoms with E-state index in [2.05, 4.69) is 20.8 Å². The Morgan fingerprint density at radius 3 is 1.52 bits per heavy atom. The molecule has 0 aliphatic carbocycles. The van der Waals surface area contributed by atoms with E-state index in [1.54, 1.807) is 50.6 Å². The van der Waals surface area contributed by atoms with Gasteiger partial charge in [-0.2, -0.15) is 0 Å². The highest BCUT2D eigenvalue weighted by Gasteiger charge is 2.19. The van der Waals surface area contributed by atoms with Crippen molar-refractivity contribution in [2.75, 3.05) is 14.2 Å². The van der Waals surface area contributed by atoms with Crippen LogP contribution >= 0.6 is 0 Å². The topological polar surface area (TPSA) is 57.5 Å². The fourth-order valence-corrected chi connectivity index (χ4v) is 3.95. The zero-order valence-corrected chi connectivity index (χ0v) is 18.4. The average molecular weight is 415 g/mol. The maximum absolute atomic E-state index is 13.7. The zero-order valence-electron chi connectivity index (χ0n) is 18.4. The van der Waals surface area contributed by atoms with Gasteiger partial charge in [0.15, 0.2) is 0 Å². The molecule has 0 aliphatic rings. The smallest absolute Gasteiger partial charge is 0.266 e. The third-order valence-electron chi connectivity index (χ3n) is 5.60. The Hall–Kier alpha value is -3.60. The summed E-state index contributed by atoms with van der Waals surface area (Å²) in [6.07, 6.45) is 0. The minimum absolute atomic E-state index is 0.0364. The van der Waals surface area contributed by atoms with Crippen molar-refractivity contribution in [1.82, 2.24) is 4.57 Å². The molecule has 0 bridgehead atoms. The lowest BCUT2D eigenvalue weighted by Gasteiger charge is -2.19. The quantitative estimate of drug-likeness (QED) is 0.481. The minimum atomic E-state index is -0.402. The van der Waals surface area contributed by atoms with Gasteiger partial charge in [-0.25, -0.2) is 4.57 Å². The maximum Gasteiger partial charge on any atom is 0.266 e. The first-order valence-electron chi connectivity index (χ1n) is 10.1. The fourth-order valence-electron chi connectivity index (χ4n) is 3.95. The second-order valence-electron chi connectivity index (χ2n) is 8.51. The van der Waals surface area contributed by atoms with Crippen LogP contribution in [0.4, 0.5) is 0 Å². The van der Waals surface area contributed by atoms with Crippen LogP contribution in [0, 0.1) is 0 Å². The number of nitrogens with zero attached hydrogens (tertiary/aromatic N) is 1. The Morgan fingerprint density at radius 2 is 1.13 bits per heavy atom. The van der Waals surface area contributed by atoms with Crippen LogP contribution in [-0.2, 0) is 5.41 Å².